The molecule has 3 N–H and O–H groups in total. The van der Waals surface area contributed by atoms with Crippen LogP contribution in [0.1, 0.15) is 32.8 Å². The Morgan fingerprint density at radius 1 is 1.07 bits per heavy atom. The summed E-state index contributed by atoms with van der Waals surface area (Å²) in [5.41, 5.74) is -6.52. The standard InChI is InChI=1S/C25H26F6N2O8S/c1-22(2,25(29,30)31)41-21(37)32-15-7-8-19-18(10-15)33(12-16(40-19)11-23(3,13-34)20(35)36)42(38,39)17-6-4-5-14(9-17)24(26,27)28/h4-10,16,34H,11-13H2,1-3H3,(H,32,37)(H,35,36)/t16-,23?/m0/s1. The first-order chi connectivity index (χ1) is 19.1. The summed E-state index contributed by atoms with van der Waals surface area (Å²) in [5.74, 6) is -1.63. The van der Waals surface area contributed by atoms with E-state index in [0.717, 1.165) is 30.3 Å². The molecule has 2 aromatic carbocycles. The monoisotopic (exact) mass is 628 g/mol. The number of alkyl halides is 6. The van der Waals surface area contributed by atoms with Crippen molar-refractivity contribution in [2.75, 3.05) is 22.8 Å². The highest BCUT2D eigenvalue weighted by atomic mass is 32.2. The zero-order valence-electron chi connectivity index (χ0n) is 22.2. The lowest BCUT2D eigenvalue weighted by Crippen LogP contribution is -2.47. The lowest BCUT2D eigenvalue weighted by atomic mass is 9.85. The molecule has 3 rings (SSSR count). The summed E-state index contributed by atoms with van der Waals surface area (Å²) in [7, 11) is -4.82. The Bertz CT molecular complexity index is 1460. The van der Waals surface area contributed by atoms with Crippen molar-refractivity contribution in [2.45, 2.75) is 56.1 Å². The maximum Gasteiger partial charge on any atom is 0.427 e. The Labute approximate surface area is 235 Å². The van der Waals surface area contributed by atoms with E-state index in [9.17, 15) is 54.6 Å². The average Bonchev–Trinajstić information content (AvgIpc) is 2.86. The van der Waals surface area contributed by atoms with Gasteiger partial charge in [0.2, 0.25) is 5.60 Å². The van der Waals surface area contributed by atoms with Gasteiger partial charge in [-0.15, -0.1) is 0 Å². The fourth-order valence-corrected chi connectivity index (χ4v) is 5.38. The number of aliphatic carboxylic acids is 1. The zero-order chi connectivity index (χ0) is 31.9. The number of sulfonamides is 1. The fraction of sp³-hybridized carbons (Fsp3) is 0.440. The molecular weight excluding hydrogens is 602 g/mol. The third-order valence-corrected chi connectivity index (χ3v) is 8.24. The summed E-state index contributed by atoms with van der Waals surface area (Å²) in [6.07, 6.45) is -13.0. The number of halogens is 6. The van der Waals surface area contributed by atoms with Crippen molar-refractivity contribution >= 4 is 33.5 Å². The van der Waals surface area contributed by atoms with Crippen LogP contribution in [-0.4, -0.2) is 61.7 Å². The van der Waals surface area contributed by atoms with Gasteiger partial charge in [0.05, 0.1) is 34.7 Å². The molecule has 17 heteroatoms. The molecule has 1 aliphatic rings. The van der Waals surface area contributed by atoms with Gasteiger partial charge in [0.1, 0.15) is 11.9 Å². The quantitative estimate of drug-likeness (QED) is 0.346. The molecule has 0 spiro atoms. The van der Waals surface area contributed by atoms with E-state index in [1.807, 2.05) is 5.32 Å². The molecule has 0 aliphatic carbocycles. The predicted molar refractivity (Wildman–Crippen MR) is 135 cm³/mol. The van der Waals surface area contributed by atoms with Crippen LogP contribution >= 0.6 is 0 Å². The fourth-order valence-electron chi connectivity index (χ4n) is 3.84. The molecule has 42 heavy (non-hydrogen) atoms. The Morgan fingerprint density at radius 3 is 2.26 bits per heavy atom. The van der Waals surface area contributed by atoms with Crippen LogP contribution in [0.2, 0.25) is 0 Å². The van der Waals surface area contributed by atoms with Gasteiger partial charge in [-0.2, -0.15) is 26.3 Å². The Morgan fingerprint density at radius 2 is 1.71 bits per heavy atom. The van der Waals surface area contributed by atoms with Crippen molar-refractivity contribution in [3.63, 3.8) is 0 Å². The summed E-state index contributed by atoms with van der Waals surface area (Å²) in [6, 6.07) is 6.07. The minimum absolute atomic E-state index is 0.206. The molecular formula is C25H26F6N2O8S. The van der Waals surface area contributed by atoms with E-state index in [2.05, 4.69) is 4.74 Å². The number of aliphatic hydroxyl groups excluding tert-OH is 1. The maximum absolute atomic E-state index is 13.7. The van der Waals surface area contributed by atoms with Crippen molar-refractivity contribution in [2.24, 2.45) is 5.41 Å². The number of carbonyl (C=O) groups is 2. The average molecular weight is 629 g/mol. The third kappa shape index (κ3) is 6.83. The number of anilines is 2. The van der Waals surface area contributed by atoms with Crippen LogP contribution in [-0.2, 0) is 25.7 Å². The molecule has 1 aliphatic heterocycles. The van der Waals surface area contributed by atoms with E-state index in [-0.39, 0.29) is 17.1 Å². The number of fused-ring (bicyclic) bond motifs is 1. The van der Waals surface area contributed by atoms with Crippen molar-refractivity contribution < 1.29 is 64.0 Å². The molecule has 2 atom stereocenters. The first kappa shape index (κ1) is 32.8. The van der Waals surface area contributed by atoms with E-state index in [4.69, 9.17) is 4.74 Å². The number of hydrogen-bond acceptors (Lipinski definition) is 7. The predicted octanol–water partition coefficient (Wildman–Crippen LogP) is 5.02. The molecule has 0 aromatic heterocycles. The van der Waals surface area contributed by atoms with Crippen molar-refractivity contribution in [3.8, 4) is 5.75 Å². The van der Waals surface area contributed by atoms with Gasteiger partial charge in [-0.3, -0.25) is 14.4 Å². The second-order valence-electron chi connectivity index (χ2n) is 10.2. The molecule has 10 nitrogen and oxygen atoms in total. The molecule has 232 valence electrons. The molecule has 1 unspecified atom stereocenters. The summed E-state index contributed by atoms with van der Waals surface area (Å²) >= 11 is 0. The number of nitrogens with one attached hydrogen (secondary N) is 1. The molecule has 0 radical (unpaired) electrons. The number of carboxylic acids is 1. The molecule has 1 heterocycles. The van der Waals surface area contributed by atoms with Gasteiger partial charge >= 0.3 is 24.4 Å². The maximum atomic E-state index is 13.7. The van der Waals surface area contributed by atoms with E-state index >= 15 is 0 Å². The van der Waals surface area contributed by atoms with Crippen molar-refractivity contribution in [3.05, 3.63) is 48.0 Å². The first-order valence-corrected chi connectivity index (χ1v) is 13.5. The number of carbonyl (C=O) groups excluding carboxylic acids is 1. The number of benzene rings is 2. The summed E-state index contributed by atoms with van der Waals surface area (Å²) in [6.45, 7) is 0.904. The second-order valence-corrected chi connectivity index (χ2v) is 12.1. The van der Waals surface area contributed by atoms with Crippen LogP contribution in [0.15, 0.2) is 47.4 Å². The molecule has 1 amide bonds. The Hall–Kier alpha value is -3.73. The van der Waals surface area contributed by atoms with E-state index in [1.165, 1.54) is 6.92 Å². The van der Waals surface area contributed by atoms with Crippen LogP contribution in [0.4, 0.5) is 42.5 Å². The van der Waals surface area contributed by atoms with Crippen molar-refractivity contribution in [1.29, 1.82) is 0 Å². The molecule has 2 aromatic rings. The summed E-state index contributed by atoms with van der Waals surface area (Å²) in [4.78, 5) is 23.2. The van der Waals surface area contributed by atoms with Gasteiger partial charge in [0.15, 0.2) is 0 Å². The van der Waals surface area contributed by atoms with Gasteiger partial charge in [0, 0.05) is 12.1 Å². The largest absolute Gasteiger partial charge is 0.486 e. The third-order valence-electron chi connectivity index (χ3n) is 6.46. The van der Waals surface area contributed by atoms with Gasteiger partial charge in [-0.1, -0.05) is 6.07 Å². The number of amides is 1. The Kier molecular flexibility index (Phi) is 8.71. The smallest absolute Gasteiger partial charge is 0.427 e. The van der Waals surface area contributed by atoms with Gasteiger partial charge in [0.25, 0.3) is 10.0 Å². The lowest BCUT2D eigenvalue weighted by molar-refractivity contribution is -0.242. The van der Waals surface area contributed by atoms with Crippen LogP contribution in [0.25, 0.3) is 0 Å². The number of aliphatic hydroxyl groups is 1. The second kappa shape index (κ2) is 11.2. The van der Waals surface area contributed by atoms with Crippen LogP contribution in [0.3, 0.4) is 0 Å². The number of carboxylic acid groups (broad SMARTS) is 1. The first-order valence-electron chi connectivity index (χ1n) is 12.0. The Balaban J connectivity index is 2.06. The van der Waals surface area contributed by atoms with E-state index < -0.39 is 81.6 Å². The topological polar surface area (TPSA) is 142 Å². The van der Waals surface area contributed by atoms with Crippen LogP contribution in [0, 0.1) is 5.41 Å². The SMILES string of the molecule is CC(CO)(C[C@H]1CN(S(=O)(=O)c2cccc(C(F)(F)F)c2)c2cc(NC(=O)OC(C)(C)C(F)(F)F)ccc2O1)C(=O)O. The van der Waals surface area contributed by atoms with E-state index in [1.54, 1.807) is 0 Å². The highest BCUT2D eigenvalue weighted by Gasteiger charge is 2.51. The number of nitrogens with zero attached hydrogens (tertiary/aromatic N) is 1. The number of rotatable bonds is 8. The minimum Gasteiger partial charge on any atom is -0.486 e. The zero-order valence-corrected chi connectivity index (χ0v) is 23.0. The van der Waals surface area contributed by atoms with E-state index in [0.29, 0.717) is 30.3 Å². The molecule has 0 saturated carbocycles. The molecule has 0 saturated heterocycles. The highest BCUT2D eigenvalue weighted by molar-refractivity contribution is 7.92. The highest BCUT2D eigenvalue weighted by Crippen LogP contribution is 2.42. The normalized spacial score (nSPS) is 17.5. The van der Waals surface area contributed by atoms with Crippen LogP contribution in [0.5, 0.6) is 5.75 Å². The van der Waals surface area contributed by atoms with Gasteiger partial charge in [-0.05, 0) is 57.2 Å². The number of ether oxygens (including phenoxy) is 2. The summed E-state index contributed by atoms with van der Waals surface area (Å²) in [5, 5.41) is 21.2. The van der Waals surface area contributed by atoms with Gasteiger partial charge in [-0.25, -0.2) is 13.2 Å². The van der Waals surface area contributed by atoms with Gasteiger partial charge < -0.3 is 19.7 Å². The molecule has 0 bridgehead atoms. The molecule has 0 fully saturated rings. The van der Waals surface area contributed by atoms with Crippen molar-refractivity contribution in [1.82, 2.24) is 0 Å². The summed E-state index contributed by atoms with van der Waals surface area (Å²) < 4.78 is 118. The minimum atomic E-state index is -4.92. The van der Waals surface area contributed by atoms with Crippen LogP contribution < -0.4 is 14.4 Å². The lowest BCUT2D eigenvalue weighted by Gasteiger charge is -2.38. The number of hydrogen-bond donors (Lipinski definition) is 3.